The van der Waals surface area contributed by atoms with E-state index in [1.165, 1.54) is 42.3 Å². The zero-order valence-electron chi connectivity index (χ0n) is 13.4. The van der Waals surface area contributed by atoms with Crippen molar-refractivity contribution in [2.75, 3.05) is 12.4 Å². The molecule has 0 bridgehead atoms. The lowest BCUT2D eigenvalue weighted by Crippen LogP contribution is -2.36. The van der Waals surface area contributed by atoms with Crippen molar-refractivity contribution in [2.24, 2.45) is 0 Å². The van der Waals surface area contributed by atoms with Crippen LogP contribution in [0.4, 0.5) is 14.5 Å². The van der Waals surface area contributed by atoms with Crippen LogP contribution in [-0.2, 0) is 16.1 Å². The summed E-state index contributed by atoms with van der Waals surface area (Å²) in [4.78, 5) is 26.0. The summed E-state index contributed by atoms with van der Waals surface area (Å²) in [5.41, 5.74) is 1.03. The van der Waals surface area contributed by atoms with Crippen molar-refractivity contribution in [3.05, 3.63) is 64.2 Å². The number of carbonyl (C=O) groups is 2. The van der Waals surface area contributed by atoms with Gasteiger partial charge in [0.25, 0.3) is 0 Å². The van der Waals surface area contributed by atoms with Crippen LogP contribution in [0.1, 0.15) is 23.5 Å². The molecule has 2 aromatic carbocycles. The number of halogens is 3. The highest BCUT2D eigenvalue weighted by Crippen LogP contribution is 2.34. The molecule has 0 radical (unpaired) electrons. The van der Waals surface area contributed by atoms with Crippen LogP contribution < -0.4 is 5.32 Å². The van der Waals surface area contributed by atoms with Crippen LogP contribution in [-0.4, -0.2) is 23.8 Å². The first-order valence-electron chi connectivity index (χ1n) is 7.64. The maximum absolute atomic E-state index is 13.9. The lowest BCUT2D eigenvalue weighted by atomic mass is 9.89. The SMILES string of the molecule is CN(Cc1c(F)cccc1Cl)C(=O)C1CC(=O)Nc2cc(F)ccc21. The number of likely N-dealkylation sites (N-methyl/N-ethyl adjacent to an activating group) is 1. The van der Waals surface area contributed by atoms with Crippen LogP contribution in [0.5, 0.6) is 0 Å². The van der Waals surface area contributed by atoms with Crippen LogP contribution >= 0.6 is 11.6 Å². The van der Waals surface area contributed by atoms with Gasteiger partial charge in [-0.1, -0.05) is 23.7 Å². The van der Waals surface area contributed by atoms with Gasteiger partial charge in [0.2, 0.25) is 11.8 Å². The van der Waals surface area contributed by atoms with Gasteiger partial charge in [0.05, 0.1) is 5.92 Å². The van der Waals surface area contributed by atoms with E-state index in [9.17, 15) is 18.4 Å². The molecule has 1 N–H and O–H groups in total. The van der Waals surface area contributed by atoms with Gasteiger partial charge in [0, 0.05) is 36.3 Å². The minimum Gasteiger partial charge on any atom is -0.341 e. The molecule has 130 valence electrons. The van der Waals surface area contributed by atoms with Crippen molar-refractivity contribution < 1.29 is 18.4 Å². The van der Waals surface area contributed by atoms with Crippen LogP contribution in [0.2, 0.25) is 5.02 Å². The van der Waals surface area contributed by atoms with Gasteiger partial charge < -0.3 is 10.2 Å². The van der Waals surface area contributed by atoms with Crippen molar-refractivity contribution in [3.63, 3.8) is 0 Å². The Balaban J connectivity index is 1.87. The van der Waals surface area contributed by atoms with Crippen molar-refractivity contribution in [1.29, 1.82) is 0 Å². The molecular weight excluding hydrogens is 350 g/mol. The Hall–Kier alpha value is -2.47. The molecule has 2 amide bonds. The summed E-state index contributed by atoms with van der Waals surface area (Å²) in [6.45, 7) is -0.0288. The molecule has 1 atom stereocenters. The molecule has 1 heterocycles. The average molecular weight is 365 g/mol. The largest absolute Gasteiger partial charge is 0.341 e. The van der Waals surface area contributed by atoms with Gasteiger partial charge in [0.1, 0.15) is 11.6 Å². The predicted molar refractivity (Wildman–Crippen MR) is 90.3 cm³/mol. The summed E-state index contributed by atoms with van der Waals surface area (Å²) in [5.74, 6) is -2.48. The molecule has 0 aliphatic carbocycles. The molecule has 3 rings (SSSR count). The standard InChI is InChI=1S/C18H15ClF2N2O2/c1-23(9-13-14(19)3-2-4-15(13)21)18(25)12-8-17(24)22-16-7-10(20)5-6-11(12)16/h2-7,12H,8-9H2,1H3,(H,22,24). The van der Waals surface area contributed by atoms with E-state index in [4.69, 9.17) is 11.6 Å². The van der Waals surface area contributed by atoms with Crippen molar-refractivity contribution in [1.82, 2.24) is 4.90 Å². The number of fused-ring (bicyclic) bond motifs is 1. The quantitative estimate of drug-likeness (QED) is 0.902. The second-order valence-corrected chi connectivity index (χ2v) is 6.34. The summed E-state index contributed by atoms with van der Waals surface area (Å²) >= 11 is 6.00. The average Bonchev–Trinajstić information content (AvgIpc) is 2.56. The molecule has 1 unspecified atom stereocenters. The Bertz CT molecular complexity index is 837. The maximum atomic E-state index is 13.9. The molecule has 0 spiro atoms. The van der Waals surface area contributed by atoms with E-state index in [1.807, 2.05) is 0 Å². The van der Waals surface area contributed by atoms with Crippen molar-refractivity contribution in [3.8, 4) is 0 Å². The Morgan fingerprint density at radius 3 is 2.80 bits per heavy atom. The Labute approximate surface area is 148 Å². The number of rotatable bonds is 3. The monoisotopic (exact) mass is 364 g/mol. The fourth-order valence-electron chi connectivity index (χ4n) is 2.92. The molecule has 1 aliphatic rings. The first-order chi connectivity index (χ1) is 11.9. The number of anilines is 1. The number of hydrogen-bond donors (Lipinski definition) is 1. The fraction of sp³-hybridized carbons (Fsp3) is 0.222. The third-order valence-electron chi connectivity index (χ3n) is 4.19. The topological polar surface area (TPSA) is 49.4 Å². The van der Waals surface area contributed by atoms with Gasteiger partial charge in [-0.15, -0.1) is 0 Å². The normalized spacial score (nSPS) is 16.2. The molecule has 0 aromatic heterocycles. The fourth-order valence-corrected chi connectivity index (χ4v) is 3.14. The second kappa shape index (κ2) is 6.80. The zero-order valence-corrected chi connectivity index (χ0v) is 14.1. The van der Waals surface area contributed by atoms with E-state index < -0.39 is 17.6 Å². The van der Waals surface area contributed by atoms with Crippen LogP contribution in [0.25, 0.3) is 0 Å². The van der Waals surface area contributed by atoms with Crippen molar-refractivity contribution >= 4 is 29.1 Å². The number of hydrogen-bond acceptors (Lipinski definition) is 2. The van der Waals surface area contributed by atoms with Gasteiger partial charge in [-0.2, -0.15) is 0 Å². The van der Waals surface area contributed by atoms with E-state index in [2.05, 4.69) is 5.32 Å². The summed E-state index contributed by atoms with van der Waals surface area (Å²) < 4.78 is 27.3. The molecule has 2 aromatic rings. The minimum absolute atomic E-state index is 0.0288. The smallest absolute Gasteiger partial charge is 0.230 e. The van der Waals surface area contributed by atoms with Crippen molar-refractivity contribution in [2.45, 2.75) is 18.9 Å². The number of nitrogens with zero attached hydrogens (tertiary/aromatic N) is 1. The van der Waals surface area contributed by atoms with E-state index >= 15 is 0 Å². The first-order valence-corrected chi connectivity index (χ1v) is 8.01. The van der Waals surface area contributed by atoms with E-state index in [0.29, 0.717) is 5.56 Å². The van der Waals surface area contributed by atoms with Crippen LogP contribution in [0.15, 0.2) is 36.4 Å². The Morgan fingerprint density at radius 1 is 1.32 bits per heavy atom. The van der Waals surface area contributed by atoms with Gasteiger partial charge >= 0.3 is 0 Å². The molecule has 7 heteroatoms. The second-order valence-electron chi connectivity index (χ2n) is 5.93. The third kappa shape index (κ3) is 3.49. The summed E-state index contributed by atoms with van der Waals surface area (Å²) in [6.07, 6.45) is -0.0488. The lowest BCUT2D eigenvalue weighted by Gasteiger charge is -2.29. The van der Waals surface area contributed by atoms with Crippen LogP contribution in [0.3, 0.4) is 0 Å². The van der Waals surface area contributed by atoms with Gasteiger partial charge in [-0.3, -0.25) is 9.59 Å². The van der Waals surface area contributed by atoms with Gasteiger partial charge in [-0.25, -0.2) is 8.78 Å². The van der Waals surface area contributed by atoms with Crippen LogP contribution in [0, 0.1) is 11.6 Å². The number of amides is 2. The number of nitrogens with one attached hydrogen (secondary N) is 1. The molecule has 4 nitrogen and oxygen atoms in total. The highest BCUT2D eigenvalue weighted by Gasteiger charge is 2.33. The van der Waals surface area contributed by atoms with Gasteiger partial charge in [-0.05, 0) is 29.8 Å². The minimum atomic E-state index is -0.750. The van der Waals surface area contributed by atoms with E-state index in [-0.39, 0.29) is 41.1 Å². The molecular formula is C18H15ClF2N2O2. The Morgan fingerprint density at radius 2 is 2.08 bits per heavy atom. The molecule has 25 heavy (non-hydrogen) atoms. The van der Waals surface area contributed by atoms with E-state index in [0.717, 1.165) is 0 Å². The molecule has 1 aliphatic heterocycles. The van der Waals surface area contributed by atoms with Gasteiger partial charge in [0.15, 0.2) is 0 Å². The third-order valence-corrected chi connectivity index (χ3v) is 4.54. The summed E-state index contributed by atoms with van der Waals surface area (Å²) in [6, 6.07) is 8.21. The number of benzene rings is 2. The van der Waals surface area contributed by atoms with E-state index in [1.54, 1.807) is 6.07 Å². The summed E-state index contributed by atoms with van der Waals surface area (Å²) in [5, 5.41) is 2.79. The maximum Gasteiger partial charge on any atom is 0.230 e. The lowest BCUT2D eigenvalue weighted by molar-refractivity contribution is -0.134. The molecule has 0 fully saturated rings. The summed E-state index contributed by atoms with van der Waals surface area (Å²) in [7, 11) is 1.51. The zero-order chi connectivity index (χ0) is 18.1. The molecule has 0 saturated carbocycles. The highest BCUT2D eigenvalue weighted by atomic mass is 35.5. The molecule has 0 saturated heterocycles. The first kappa shape index (κ1) is 17.4. The number of carbonyl (C=O) groups excluding carboxylic acids is 2. The Kier molecular flexibility index (Phi) is 4.72. The highest BCUT2D eigenvalue weighted by molar-refractivity contribution is 6.31. The predicted octanol–water partition coefficient (Wildman–Crippen LogP) is 3.70.